The summed E-state index contributed by atoms with van der Waals surface area (Å²) in [6, 6.07) is 0. The van der Waals surface area contributed by atoms with Gasteiger partial charge in [0.15, 0.2) is 0 Å². The van der Waals surface area contributed by atoms with Gasteiger partial charge in [0.2, 0.25) is 6.29 Å². The highest BCUT2D eigenvalue weighted by Crippen LogP contribution is 2.10. The van der Waals surface area contributed by atoms with Gasteiger partial charge < -0.3 is 20.5 Å². The van der Waals surface area contributed by atoms with Gasteiger partial charge in [-0.1, -0.05) is 0 Å². The molecule has 0 aliphatic carbocycles. The molecule has 0 unspecified atom stereocenters. The van der Waals surface area contributed by atoms with Gasteiger partial charge in [-0.3, -0.25) is 18.7 Å². The predicted molar refractivity (Wildman–Crippen MR) is 77.0 cm³/mol. The topological polar surface area (TPSA) is 118 Å². The molecule has 9 heteroatoms. The zero-order valence-electron chi connectivity index (χ0n) is 12.5. The molecule has 3 N–H and O–H groups in total. The maximum absolute atomic E-state index is 12.1. The SMILES string of the molecule is CCOC(OCC)C(=O)Nc1c(N)n(C)c(=O)n(C)c1=O. The number of nitrogens with zero attached hydrogens (tertiary/aromatic N) is 2. The number of carbonyl (C=O) groups excluding carboxylic acids is 1. The summed E-state index contributed by atoms with van der Waals surface area (Å²) in [4.78, 5) is 35.7. The Morgan fingerprint density at radius 1 is 1.19 bits per heavy atom. The number of carbonyl (C=O) groups is 1. The van der Waals surface area contributed by atoms with Gasteiger partial charge in [0.25, 0.3) is 11.5 Å². The molecule has 118 valence electrons. The van der Waals surface area contributed by atoms with Crippen molar-refractivity contribution in [1.82, 2.24) is 9.13 Å². The van der Waals surface area contributed by atoms with E-state index in [1.54, 1.807) is 13.8 Å². The average molecular weight is 300 g/mol. The third-order valence-corrected chi connectivity index (χ3v) is 2.81. The summed E-state index contributed by atoms with van der Waals surface area (Å²) in [5, 5.41) is 2.35. The third-order valence-electron chi connectivity index (χ3n) is 2.81. The summed E-state index contributed by atoms with van der Waals surface area (Å²) in [5.74, 6) is -0.802. The quantitative estimate of drug-likeness (QED) is 0.651. The van der Waals surface area contributed by atoms with Gasteiger partial charge in [-0.15, -0.1) is 0 Å². The van der Waals surface area contributed by atoms with Crippen LogP contribution in [0.15, 0.2) is 9.59 Å². The predicted octanol–water partition coefficient (Wildman–Crippen LogP) is -0.996. The number of aromatic nitrogens is 2. The molecule has 0 bridgehead atoms. The molecule has 0 aliphatic heterocycles. The summed E-state index contributed by atoms with van der Waals surface area (Å²) < 4.78 is 12.2. The first-order chi connectivity index (χ1) is 9.84. The maximum Gasteiger partial charge on any atom is 0.332 e. The fraction of sp³-hybridized carbons (Fsp3) is 0.583. The summed E-state index contributed by atoms with van der Waals surface area (Å²) >= 11 is 0. The molecule has 0 aliphatic rings. The number of rotatable bonds is 6. The summed E-state index contributed by atoms with van der Waals surface area (Å²) in [6.07, 6.45) is -1.15. The van der Waals surface area contributed by atoms with Crippen LogP contribution in [-0.2, 0) is 28.4 Å². The Hall–Kier alpha value is -2.13. The molecule has 1 rings (SSSR count). The molecular weight excluding hydrogens is 280 g/mol. The number of nitrogens with two attached hydrogens (primary N) is 1. The van der Waals surface area contributed by atoms with Crippen molar-refractivity contribution in [1.29, 1.82) is 0 Å². The highest BCUT2D eigenvalue weighted by molar-refractivity contribution is 5.95. The van der Waals surface area contributed by atoms with Crippen molar-refractivity contribution in [2.24, 2.45) is 14.1 Å². The van der Waals surface area contributed by atoms with E-state index < -0.39 is 23.4 Å². The molecule has 0 saturated heterocycles. The first-order valence-corrected chi connectivity index (χ1v) is 6.44. The molecule has 0 spiro atoms. The van der Waals surface area contributed by atoms with Crippen LogP contribution in [0.4, 0.5) is 11.5 Å². The molecule has 1 aromatic rings. The lowest BCUT2D eigenvalue weighted by Gasteiger charge is -2.17. The monoisotopic (exact) mass is 300 g/mol. The van der Waals surface area contributed by atoms with Gasteiger partial charge in [-0.25, -0.2) is 4.79 Å². The van der Waals surface area contributed by atoms with Gasteiger partial charge in [-0.2, -0.15) is 0 Å². The van der Waals surface area contributed by atoms with E-state index in [9.17, 15) is 14.4 Å². The van der Waals surface area contributed by atoms with Crippen molar-refractivity contribution in [3.8, 4) is 0 Å². The van der Waals surface area contributed by atoms with Crippen LogP contribution in [0.2, 0.25) is 0 Å². The van der Waals surface area contributed by atoms with Crippen LogP contribution in [0, 0.1) is 0 Å². The number of nitrogens with one attached hydrogen (secondary N) is 1. The normalized spacial score (nSPS) is 10.9. The number of amides is 1. The van der Waals surface area contributed by atoms with Crippen molar-refractivity contribution in [2.45, 2.75) is 20.1 Å². The molecule has 9 nitrogen and oxygen atoms in total. The molecule has 1 aromatic heterocycles. The van der Waals surface area contributed by atoms with Gasteiger partial charge in [0, 0.05) is 27.3 Å². The van der Waals surface area contributed by atoms with Crippen LogP contribution >= 0.6 is 0 Å². The summed E-state index contributed by atoms with van der Waals surface area (Å²) in [5.41, 5.74) is 4.24. The number of anilines is 2. The van der Waals surface area contributed by atoms with E-state index in [4.69, 9.17) is 15.2 Å². The van der Waals surface area contributed by atoms with E-state index in [1.165, 1.54) is 14.1 Å². The third kappa shape index (κ3) is 3.50. The van der Waals surface area contributed by atoms with Gasteiger partial charge in [0.1, 0.15) is 11.5 Å². The molecule has 0 atom stereocenters. The minimum absolute atomic E-state index is 0.136. The van der Waals surface area contributed by atoms with Crippen molar-refractivity contribution in [2.75, 3.05) is 24.3 Å². The van der Waals surface area contributed by atoms with Gasteiger partial charge in [0.05, 0.1) is 0 Å². The second kappa shape index (κ2) is 7.04. The minimum atomic E-state index is -1.15. The van der Waals surface area contributed by atoms with Crippen molar-refractivity contribution >= 4 is 17.4 Å². The van der Waals surface area contributed by atoms with Gasteiger partial charge >= 0.3 is 5.69 Å². The van der Waals surface area contributed by atoms with Gasteiger partial charge in [-0.05, 0) is 13.8 Å². The van der Waals surface area contributed by atoms with E-state index in [1.807, 2.05) is 0 Å². The Kier molecular flexibility index (Phi) is 5.68. The molecule has 0 aromatic carbocycles. The summed E-state index contributed by atoms with van der Waals surface area (Å²) in [6.45, 7) is 3.94. The first-order valence-electron chi connectivity index (χ1n) is 6.44. The maximum atomic E-state index is 12.1. The molecule has 21 heavy (non-hydrogen) atoms. The van der Waals surface area contributed by atoms with E-state index in [-0.39, 0.29) is 24.7 Å². The number of nitrogen functional groups attached to an aromatic ring is 1. The van der Waals surface area contributed by atoms with E-state index >= 15 is 0 Å². The fourth-order valence-corrected chi connectivity index (χ4v) is 1.66. The molecule has 1 amide bonds. The lowest BCUT2D eigenvalue weighted by atomic mass is 10.4. The Balaban J connectivity index is 3.16. The lowest BCUT2D eigenvalue weighted by molar-refractivity contribution is -0.164. The molecule has 0 saturated carbocycles. The largest absolute Gasteiger partial charge is 0.383 e. The Morgan fingerprint density at radius 2 is 1.71 bits per heavy atom. The first kappa shape index (κ1) is 16.9. The van der Waals surface area contributed by atoms with E-state index in [0.29, 0.717) is 0 Å². The smallest absolute Gasteiger partial charge is 0.332 e. The van der Waals surface area contributed by atoms with E-state index in [0.717, 1.165) is 9.13 Å². The Morgan fingerprint density at radius 3 is 2.19 bits per heavy atom. The van der Waals surface area contributed by atoms with Crippen LogP contribution < -0.4 is 22.3 Å². The Bertz CT molecular complexity index is 628. The minimum Gasteiger partial charge on any atom is -0.383 e. The van der Waals surface area contributed by atoms with Crippen molar-refractivity contribution < 1.29 is 14.3 Å². The number of ether oxygens (including phenoxy) is 2. The second-order valence-electron chi connectivity index (χ2n) is 4.20. The number of hydrogen-bond acceptors (Lipinski definition) is 6. The van der Waals surface area contributed by atoms with Crippen LogP contribution in [0.25, 0.3) is 0 Å². The van der Waals surface area contributed by atoms with Crippen LogP contribution in [0.1, 0.15) is 13.8 Å². The Labute approximate surface area is 121 Å². The van der Waals surface area contributed by atoms with E-state index in [2.05, 4.69) is 5.32 Å². The zero-order chi connectivity index (χ0) is 16.2. The zero-order valence-corrected chi connectivity index (χ0v) is 12.5. The molecular formula is C12H20N4O5. The molecule has 0 fully saturated rings. The second-order valence-corrected chi connectivity index (χ2v) is 4.20. The van der Waals surface area contributed by atoms with Crippen LogP contribution in [0.5, 0.6) is 0 Å². The molecule has 0 radical (unpaired) electrons. The van der Waals surface area contributed by atoms with Crippen molar-refractivity contribution in [3.63, 3.8) is 0 Å². The van der Waals surface area contributed by atoms with Crippen LogP contribution in [0.3, 0.4) is 0 Å². The highest BCUT2D eigenvalue weighted by Gasteiger charge is 2.22. The van der Waals surface area contributed by atoms with Crippen molar-refractivity contribution in [3.05, 3.63) is 20.8 Å². The fourth-order valence-electron chi connectivity index (χ4n) is 1.66. The number of hydrogen-bond donors (Lipinski definition) is 2. The standard InChI is InChI=1S/C12H20N4O5/c1-5-20-11(21-6-2)9(17)14-7-8(13)15(3)12(19)16(4)10(7)18/h11H,5-6,13H2,1-4H3,(H,14,17). The molecule has 1 heterocycles. The average Bonchev–Trinajstić information content (AvgIpc) is 2.47. The lowest BCUT2D eigenvalue weighted by Crippen LogP contribution is -2.42. The summed E-state index contributed by atoms with van der Waals surface area (Å²) in [7, 11) is 2.69. The highest BCUT2D eigenvalue weighted by atomic mass is 16.7. The van der Waals surface area contributed by atoms with Crippen LogP contribution in [-0.4, -0.2) is 34.5 Å².